The lowest BCUT2D eigenvalue weighted by atomic mass is 10.1. The van der Waals surface area contributed by atoms with E-state index in [-0.39, 0.29) is 24.4 Å². The van der Waals surface area contributed by atoms with E-state index in [1.165, 1.54) is 34.1 Å². The number of carbonyl (C=O) groups is 2. The first-order valence-electron chi connectivity index (χ1n) is 8.79. The molecule has 9 heteroatoms. The number of thioether (sulfide) groups is 1. The summed E-state index contributed by atoms with van der Waals surface area (Å²) in [6.07, 6.45) is -0.300. The number of hydrogen-bond acceptors (Lipinski definition) is 5. The molecular weight excluding hydrogens is 418 g/mol. The Morgan fingerprint density at radius 1 is 1.24 bits per heavy atom. The monoisotopic (exact) mass is 434 g/mol. The van der Waals surface area contributed by atoms with Gasteiger partial charge in [0.1, 0.15) is 10.5 Å². The number of aliphatic carboxylic acids is 1. The largest absolute Gasteiger partial charge is 0.481 e. The van der Waals surface area contributed by atoms with Crippen molar-refractivity contribution in [3.8, 4) is 0 Å². The van der Waals surface area contributed by atoms with Gasteiger partial charge in [0.2, 0.25) is 5.91 Å². The van der Waals surface area contributed by atoms with Gasteiger partial charge in [0, 0.05) is 4.90 Å². The number of carboxylic acid groups (broad SMARTS) is 1. The van der Waals surface area contributed by atoms with Crippen molar-refractivity contribution >= 4 is 50.9 Å². The summed E-state index contributed by atoms with van der Waals surface area (Å²) in [5, 5.41) is 8.88. The van der Waals surface area contributed by atoms with E-state index in [9.17, 15) is 23.5 Å². The van der Waals surface area contributed by atoms with E-state index in [4.69, 9.17) is 0 Å². The lowest BCUT2D eigenvalue weighted by Crippen LogP contribution is -2.41. The zero-order chi connectivity index (χ0) is 20.9. The number of halogens is 2. The van der Waals surface area contributed by atoms with Crippen LogP contribution in [-0.2, 0) is 16.1 Å². The van der Waals surface area contributed by atoms with Crippen LogP contribution in [0.2, 0.25) is 0 Å². The van der Waals surface area contributed by atoms with E-state index < -0.39 is 22.9 Å². The number of hydrogen-bond donors (Lipinski definition) is 1. The van der Waals surface area contributed by atoms with Crippen molar-refractivity contribution in [2.45, 2.75) is 37.0 Å². The molecule has 1 aliphatic heterocycles. The average molecular weight is 434 g/mol. The maximum absolute atomic E-state index is 14.0. The van der Waals surface area contributed by atoms with Crippen LogP contribution in [0.4, 0.5) is 14.5 Å². The number of amides is 1. The number of carbonyl (C=O) groups excluding carboxylic acids is 1. The Labute approximate surface area is 173 Å². The molecule has 1 aromatic heterocycles. The third-order valence-corrected chi connectivity index (χ3v) is 7.07. The highest BCUT2D eigenvalue weighted by atomic mass is 32.2. The van der Waals surface area contributed by atoms with E-state index in [1.54, 1.807) is 0 Å². The number of nitrogens with zero attached hydrogens (tertiary/aromatic N) is 2. The molecule has 0 aliphatic carbocycles. The second-order valence-corrected chi connectivity index (χ2v) is 9.21. The van der Waals surface area contributed by atoms with Crippen molar-refractivity contribution in [2.75, 3.05) is 4.90 Å². The first kappa shape index (κ1) is 19.8. The third-order valence-electron chi connectivity index (χ3n) is 4.83. The maximum Gasteiger partial charge on any atom is 0.305 e. The molecule has 0 bridgehead atoms. The quantitative estimate of drug-likeness (QED) is 0.646. The van der Waals surface area contributed by atoms with Crippen molar-refractivity contribution in [1.29, 1.82) is 0 Å². The fraction of sp³-hybridized carbons (Fsp3) is 0.250. The number of aryl methyl sites for hydroxylation is 2. The Balaban J connectivity index is 1.76. The van der Waals surface area contributed by atoms with E-state index in [0.717, 1.165) is 22.1 Å². The van der Waals surface area contributed by atoms with E-state index >= 15 is 0 Å². The minimum Gasteiger partial charge on any atom is -0.481 e. The fourth-order valence-electron chi connectivity index (χ4n) is 3.21. The molecule has 0 saturated heterocycles. The molecule has 1 N–H and O–H groups in total. The molecule has 1 amide bonds. The minimum absolute atomic E-state index is 0.0609. The van der Waals surface area contributed by atoms with Gasteiger partial charge in [-0.05, 0) is 49.2 Å². The summed E-state index contributed by atoms with van der Waals surface area (Å²) in [5.74, 6) is -3.38. The second-order valence-electron chi connectivity index (χ2n) is 6.85. The standard InChI is InChI=1S/C20H16F2N2O3S2/c1-9-5-12-14(6-10(9)2)28-15(7-17(25)26)20(27)24(12)8-16-23-19-13(29-16)4-3-11(21)18(19)22/h3-6,15H,7-8H2,1-2H3,(H,25,26). The van der Waals surface area contributed by atoms with Crippen LogP contribution < -0.4 is 4.90 Å². The molecule has 4 rings (SSSR count). The van der Waals surface area contributed by atoms with Crippen LogP contribution in [0.3, 0.4) is 0 Å². The Morgan fingerprint density at radius 2 is 1.97 bits per heavy atom. The number of benzene rings is 2. The van der Waals surface area contributed by atoms with E-state index in [0.29, 0.717) is 15.4 Å². The molecular formula is C20H16F2N2O3S2. The van der Waals surface area contributed by atoms with E-state index in [1.807, 2.05) is 26.0 Å². The molecule has 1 aliphatic rings. The molecule has 150 valence electrons. The van der Waals surface area contributed by atoms with Gasteiger partial charge in [-0.25, -0.2) is 13.8 Å². The predicted octanol–water partition coefficient (Wildman–Crippen LogP) is 4.67. The molecule has 1 unspecified atom stereocenters. The normalized spacial score (nSPS) is 16.3. The van der Waals surface area contributed by atoms with Crippen LogP contribution >= 0.6 is 23.1 Å². The Kier molecular flexibility index (Phi) is 5.04. The average Bonchev–Trinajstić information content (AvgIpc) is 3.07. The minimum atomic E-state index is -1.05. The van der Waals surface area contributed by atoms with Crippen molar-refractivity contribution in [1.82, 2.24) is 4.98 Å². The lowest BCUT2D eigenvalue weighted by molar-refractivity contribution is -0.138. The van der Waals surface area contributed by atoms with Gasteiger partial charge in [0.25, 0.3) is 0 Å². The number of carboxylic acids is 1. The number of aromatic nitrogens is 1. The Bertz CT molecular complexity index is 1160. The summed E-state index contributed by atoms with van der Waals surface area (Å²) >= 11 is 2.42. The highest BCUT2D eigenvalue weighted by Crippen LogP contribution is 2.43. The summed E-state index contributed by atoms with van der Waals surface area (Å²) in [4.78, 5) is 30.8. The summed E-state index contributed by atoms with van der Waals surface area (Å²) in [6.45, 7) is 3.95. The number of thiazole rings is 1. The molecule has 29 heavy (non-hydrogen) atoms. The molecule has 0 radical (unpaired) electrons. The molecule has 2 heterocycles. The molecule has 0 fully saturated rings. The van der Waals surface area contributed by atoms with Crippen molar-refractivity contribution in [3.63, 3.8) is 0 Å². The maximum atomic E-state index is 14.0. The fourth-order valence-corrected chi connectivity index (χ4v) is 5.46. The number of anilines is 1. The SMILES string of the molecule is Cc1cc2c(cc1C)N(Cc1nc3c(F)c(F)ccc3s1)C(=O)C(CC(=O)O)S2. The molecule has 2 aromatic carbocycles. The molecule has 0 saturated carbocycles. The van der Waals surface area contributed by atoms with Gasteiger partial charge < -0.3 is 10.0 Å². The molecule has 0 spiro atoms. The Hall–Kier alpha value is -2.52. The van der Waals surface area contributed by atoms with E-state index in [2.05, 4.69) is 4.98 Å². The van der Waals surface area contributed by atoms with Gasteiger partial charge in [0.05, 0.1) is 28.6 Å². The lowest BCUT2D eigenvalue weighted by Gasteiger charge is -2.33. The number of fused-ring (bicyclic) bond motifs is 2. The molecule has 1 atom stereocenters. The van der Waals surface area contributed by atoms with Crippen LogP contribution in [-0.4, -0.2) is 27.2 Å². The summed E-state index contributed by atoms with van der Waals surface area (Å²) in [5.41, 5.74) is 2.65. The van der Waals surface area contributed by atoms with Crippen LogP contribution in [0, 0.1) is 25.5 Å². The van der Waals surface area contributed by atoms with Gasteiger partial charge >= 0.3 is 5.97 Å². The topological polar surface area (TPSA) is 70.5 Å². The van der Waals surface area contributed by atoms with Gasteiger partial charge in [0.15, 0.2) is 11.6 Å². The highest BCUT2D eigenvalue weighted by Gasteiger charge is 2.36. The summed E-state index contributed by atoms with van der Waals surface area (Å²) in [6, 6.07) is 6.33. The zero-order valence-corrected chi connectivity index (χ0v) is 17.2. The van der Waals surface area contributed by atoms with Gasteiger partial charge in [-0.3, -0.25) is 9.59 Å². The van der Waals surface area contributed by atoms with Gasteiger partial charge in [-0.15, -0.1) is 23.1 Å². The van der Waals surface area contributed by atoms with Crippen LogP contribution in [0.15, 0.2) is 29.2 Å². The Morgan fingerprint density at radius 3 is 2.69 bits per heavy atom. The zero-order valence-electron chi connectivity index (χ0n) is 15.5. The van der Waals surface area contributed by atoms with Crippen molar-refractivity contribution in [2.24, 2.45) is 0 Å². The number of rotatable bonds is 4. The third kappa shape index (κ3) is 3.60. The van der Waals surface area contributed by atoms with Crippen LogP contribution in [0.5, 0.6) is 0 Å². The van der Waals surface area contributed by atoms with Crippen LogP contribution in [0.25, 0.3) is 10.2 Å². The predicted molar refractivity (Wildman–Crippen MR) is 109 cm³/mol. The first-order chi connectivity index (χ1) is 13.7. The van der Waals surface area contributed by atoms with Crippen molar-refractivity contribution < 1.29 is 23.5 Å². The van der Waals surface area contributed by atoms with Crippen molar-refractivity contribution in [3.05, 3.63) is 52.0 Å². The highest BCUT2D eigenvalue weighted by molar-refractivity contribution is 8.01. The smallest absolute Gasteiger partial charge is 0.305 e. The van der Waals surface area contributed by atoms with Gasteiger partial charge in [-0.1, -0.05) is 0 Å². The molecule has 3 aromatic rings. The first-order valence-corrected chi connectivity index (χ1v) is 10.5. The summed E-state index contributed by atoms with van der Waals surface area (Å²) < 4.78 is 28.0. The molecule has 5 nitrogen and oxygen atoms in total. The second kappa shape index (κ2) is 7.38. The summed E-state index contributed by atoms with van der Waals surface area (Å²) in [7, 11) is 0. The van der Waals surface area contributed by atoms with Gasteiger partial charge in [-0.2, -0.15) is 0 Å². The van der Waals surface area contributed by atoms with Crippen LogP contribution in [0.1, 0.15) is 22.6 Å².